The number of nitrogens with one attached hydrogen (secondary N) is 1. The van der Waals surface area contributed by atoms with E-state index < -0.39 is 28.9 Å². The van der Waals surface area contributed by atoms with Crippen molar-refractivity contribution < 1.29 is 18.7 Å². The number of halogens is 2. The Morgan fingerprint density at radius 2 is 1.71 bits per heavy atom. The molecule has 0 saturated carbocycles. The van der Waals surface area contributed by atoms with Crippen molar-refractivity contribution in [2.24, 2.45) is 5.73 Å². The summed E-state index contributed by atoms with van der Waals surface area (Å²) in [4.78, 5) is 34.9. The number of phenols is 1. The Balaban J connectivity index is 2.10. The number of hydrogen-bond donors (Lipinski definition) is 3. The van der Waals surface area contributed by atoms with Gasteiger partial charge in [0.1, 0.15) is 28.6 Å². The molecule has 2 heterocycles. The Morgan fingerprint density at radius 3 is 2.32 bits per heavy atom. The summed E-state index contributed by atoms with van der Waals surface area (Å²) in [5.41, 5.74) is 3.49. The molecule has 1 amide bonds. The maximum Gasteiger partial charge on any atom is 0.332 e. The van der Waals surface area contributed by atoms with Crippen LogP contribution in [0.1, 0.15) is 10.5 Å². The highest BCUT2D eigenvalue weighted by Gasteiger charge is 2.23. The minimum absolute atomic E-state index is 0.00747. The predicted octanol–water partition coefficient (Wildman–Crippen LogP) is 1.86. The Hall–Kier alpha value is -4.08. The van der Waals surface area contributed by atoms with E-state index in [1.54, 1.807) is 0 Å². The van der Waals surface area contributed by atoms with Crippen molar-refractivity contribution in [3.05, 3.63) is 70.3 Å². The van der Waals surface area contributed by atoms with Crippen molar-refractivity contribution >= 4 is 17.1 Å². The number of imidazole rings is 1. The number of phenolic OH excluding ortho intramolecular Hbond substituents is 1. The zero-order chi connectivity index (χ0) is 20.0. The number of H-pyrrole nitrogens is 1. The number of nitrogens with two attached hydrogens (primary N) is 1. The second kappa shape index (κ2) is 6.27. The number of aromatic amines is 1. The van der Waals surface area contributed by atoms with Crippen molar-refractivity contribution in [1.82, 2.24) is 19.5 Å². The zero-order valence-electron chi connectivity index (χ0n) is 14.0. The number of nitrogens with zero attached hydrogens (tertiary/aromatic N) is 3. The molecule has 28 heavy (non-hydrogen) atoms. The monoisotopic (exact) mass is 383 g/mol. The number of carbonyl (C=O) groups excluding carboxylic acids is 1. The minimum atomic E-state index is -0.992. The fraction of sp³-hybridized carbons (Fsp3) is 0. The first-order valence-electron chi connectivity index (χ1n) is 7.93. The van der Waals surface area contributed by atoms with Gasteiger partial charge >= 0.3 is 5.69 Å². The Morgan fingerprint density at radius 1 is 1.07 bits per heavy atom. The molecule has 0 aliphatic rings. The highest BCUT2D eigenvalue weighted by Crippen LogP contribution is 2.25. The maximum absolute atomic E-state index is 14.3. The van der Waals surface area contributed by atoms with Crippen LogP contribution in [0.25, 0.3) is 28.2 Å². The van der Waals surface area contributed by atoms with Gasteiger partial charge < -0.3 is 15.8 Å². The molecule has 4 aromatic rings. The molecule has 0 radical (unpaired) electrons. The van der Waals surface area contributed by atoms with Gasteiger partial charge in [-0.25, -0.2) is 28.1 Å². The summed E-state index contributed by atoms with van der Waals surface area (Å²) in [7, 11) is 0. The van der Waals surface area contributed by atoms with E-state index in [9.17, 15) is 23.5 Å². The number of rotatable bonds is 3. The molecule has 10 heteroatoms. The van der Waals surface area contributed by atoms with Crippen molar-refractivity contribution in [3.8, 4) is 22.8 Å². The molecule has 8 nitrogen and oxygen atoms in total. The van der Waals surface area contributed by atoms with Crippen LogP contribution in [0.5, 0.6) is 5.75 Å². The summed E-state index contributed by atoms with van der Waals surface area (Å²) in [5.74, 6) is -2.98. The third-order valence-electron chi connectivity index (χ3n) is 4.06. The number of fused-ring (bicyclic) bond motifs is 1. The van der Waals surface area contributed by atoms with Crippen LogP contribution in [-0.4, -0.2) is 30.5 Å². The number of aromatic nitrogens is 4. The maximum atomic E-state index is 14.3. The van der Waals surface area contributed by atoms with Crippen LogP contribution in [0.3, 0.4) is 0 Å². The molecule has 0 unspecified atom stereocenters. The van der Waals surface area contributed by atoms with E-state index in [1.807, 2.05) is 0 Å². The molecule has 0 aliphatic heterocycles. The van der Waals surface area contributed by atoms with Gasteiger partial charge in [-0.2, -0.15) is 0 Å². The third kappa shape index (κ3) is 2.67. The van der Waals surface area contributed by atoms with Crippen LogP contribution >= 0.6 is 0 Å². The summed E-state index contributed by atoms with van der Waals surface area (Å²) in [6, 6.07) is 8.81. The minimum Gasteiger partial charge on any atom is -0.508 e. The van der Waals surface area contributed by atoms with Gasteiger partial charge in [0.15, 0.2) is 17.2 Å². The van der Waals surface area contributed by atoms with Crippen molar-refractivity contribution in [3.63, 3.8) is 0 Å². The van der Waals surface area contributed by atoms with Gasteiger partial charge in [-0.15, -0.1) is 0 Å². The van der Waals surface area contributed by atoms with Crippen LogP contribution in [0.4, 0.5) is 8.78 Å². The van der Waals surface area contributed by atoms with E-state index in [0.29, 0.717) is 10.1 Å². The van der Waals surface area contributed by atoms with E-state index in [0.717, 1.165) is 18.2 Å². The lowest BCUT2D eigenvalue weighted by atomic mass is 10.2. The van der Waals surface area contributed by atoms with Gasteiger partial charge in [0.2, 0.25) is 0 Å². The SMILES string of the molecule is NC(=O)c1nc(-c2ccc(O)cc2)nc2c1[nH]c(=O)n2-c1c(F)cccc1F. The largest absolute Gasteiger partial charge is 0.508 e. The number of amides is 1. The Bertz CT molecular complexity index is 1280. The first-order chi connectivity index (χ1) is 13.4. The highest BCUT2D eigenvalue weighted by molar-refractivity contribution is 6.02. The fourth-order valence-corrected chi connectivity index (χ4v) is 2.81. The summed E-state index contributed by atoms with van der Waals surface area (Å²) in [6.07, 6.45) is 0. The van der Waals surface area contributed by atoms with E-state index in [1.165, 1.54) is 24.3 Å². The lowest BCUT2D eigenvalue weighted by Crippen LogP contribution is -2.17. The molecule has 4 N–H and O–H groups in total. The highest BCUT2D eigenvalue weighted by atomic mass is 19.1. The molecular weight excluding hydrogens is 372 g/mol. The third-order valence-corrected chi connectivity index (χ3v) is 4.06. The van der Waals surface area contributed by atoms with Gasteiger partial charge in [-0.3, -0.25) is 4.79 Å². The smallest absolute Gasteiger partial charge is 0.332 e. The normalized spacial score (nSPS) is 11.1. The van der Waals surface area contributed by atoms with Gasteiger partial charge in [-0.05, 0) is 36.4 Å². The number of hydrogen-bond acceptors (Lipinski definition) is 5. The summed E-state index contributed by atoms with van der Waals surface area (Å²) < 4.78 is 29.2. The molecule has 0 bridgehead atoms. The van der Waals surface area contributed by atoms with Crippen LogP contribution in [-0.2, 0) is 0 Å². The molecule has 2 aromatic heterocycles. The van der Waals surface area contributed by atoms with E-state index >= 15 is 0 Å². The predicted molar refractivity (Wildman–Crippen MR) is 95.0 cm³/mol. The van der Waals surface area contributed by atoms with Gasteiger partial charge in [0.05, 0.1) is 0 Å². The van der Waals surface area contributed by atoms with Crippen LogP contribution in [0.2, 0.25) is 0 Å². The molecule has 0 atom stereocenters. The number of carbonyl (C=O) groups is 1. The van der Waals surface area contributed by atoms with E-state index in [2.05, 4.69) is 15.0 Å². The first-order valence-corrected chi connectivity index (χ1v) is 7.93. The molecule has 0 spiro atoms. The molecule has 0 fully saturated rings. The summed E-state index contributed by atoms with van der Waals surface area (Å²) >= 11 is 0. The van der Waals surface area contributed by atoms with Gasteiger partial charge in [0.25, 0.3) is 5.91 Å². The van der Waals surface area contributed by atoms with Crippen LogP contribution < -0.4 is 11.4 Å². The lowest BCUT2D eigenvalue weighted by Gasteiger charge is -2.08. The standard InChI is InChI=1S/C18H11F2N5O3/c19-10-2-1-3-11(20)14(10)25-17-13(23-18(25)28)12(15(21)27)22-16(24-17)8-4-6-9(26)7-5-8/h1-7,26H,(H2,21,27)(H,23,28). The van der Waals surface area contributed by atoms with Crippen LogP contribution in [0.15, 0.2) is 47.3 Å². The molecule has 0 aliphatic carbocycles. The zero-order valence-corrected chi connectivity index (χ0v) is 14.0. The van der Waals surface area contributed by atoms with Gasteiger partial charge in [-0.1, -0.05) is 6.07 Å². The molecular formula is C18H11F2N5O3. The fourth-order valence-electron chi connectivity index (χ4n) is 2.81. The lowest BCUT2D eigenvalue weighted by molar-refractivity contribution is 0.0997. The number of primary amides is 1. The van der Waals surface area contributed by atoms with Crippen molar-refractivity contribution in [2.75, 3.05) is 0 Å². The van der Waals surface area contributed by atoms with Crippen molar-refractivity contribution in [1.29, 1.82) is 0 Å². The summed E-state index contributed by atoms with van der Waals surface area (Å²) in [6.45, 7) is 0. The van der Waals surface area contributed by atoms with Gasteiger partial charge in [0, 0.05) is 5.56 Å². The first kappa shape index (κ1) is 17.3. The second-order valence-corrected chi connectivity index (χ2v) is 5.84. The summed E-state index contributed by atoms with van der Waals surface area (Å²) in [5, 5.41) is 9.43. The van der Waals surface area contributed by atoms with Crippen LogP contribution in [0, 0.1) is 11.6 Å². The van der Waals surface area contributed by atoms with Crippen molar-refractivity contribution in [2.45, 2.75) is 0 Å². The average molecular weight is 383 g/mol. The molecule has 0 saturated heterocycles. The second-order valence-electron chi connectivity index (χ2n) is 5.84. The number of para-hydroxylation sites is 1. The molecule has 140 valence electrons. The topological polar surface area (TPSA) is 127 Å². The Labute approximate surface area is 154 Å². The number of benzene rings is 2. The van der Waals surface area contributed by atoms with E-state index in [4.69, 9.17) is 5.73 Å². The number of aromatic hydroxyl groups is 1. The van der Waals surface area contributed by atoms with E-state index in [-0.39, 0.29) is 28.4 Å². The molecule has 4 rings (SSSR count). The Kier molecular flexibility index (Phi) is 3.88. The molecule has 2 aromatic carbocycles. The average Bonchev–Trinajstić information content (AvgIpc) is 2.97. The quantitative estimate of drug-likeness (QED) is 0.498.